The number of likely N-dealkylation sites (N-methyl/N-ethyl adjacent to an activating group) is 1. The summed E-state index contributed by atoms with van der Waals surface area (Å²) in [4.78, 5) is 4.48. The van der Waals surface area contributed by atoms with E-state index in [9.17, 15) is 5.11 Å². The highest BCUT2D eigenvalue weighted by molar-refractivity contribution is 5.27. The third-order valence-electron chi connectivity index (χ3n) is 3.64. The molecule has 4 heteroatoms. The summed E-state index contributed by atoms with van der Waals surface area (Å²) in [6.07, 6.45) is -0.287. The zero-order chi connectivity index (χ0) is 15.8. The maximum absolute atomic E-state index is 10.1. The molecule has 1 N–H and O–H groups in total. The second kappa shape index (κ2) is 9.03. The van der Waals surface area contributed by atoms with E-state index in [1.54, 1.807) is 7.11 Å². The number of benzene rings is 1. The van der Waals surface area contributed by atoms with Crippen molar-refractivity contribution in [1.29, 1.82) is 0 Å². The molecular formula is C17H30N2O2. The molecule has 0 spiro atoms. The maximum Gasteiger partial charge on any atom is 0.118 e. The van der Waals surface area contributed by atoms with Crippen LogP contribution in [-0.4, -0.2) is 61.8 Å². The van der Waals surface area contributed by atoms with E-state index < -0.39 is 0 Å². The Morgan fingerprint density at radius 1 is 1.10 bits per heavy atom. The van der Waals surface area contributed by atoms with Gasteiger partial charge in [0.15, 0.2) is 0 Å². The van der Waals surface area contributed by atoms with Gasteiger partial charge in [0.2, 0.25) is 0 Å². The van der Waals surface area contributed by atoms with Crippen molar-refractivity contribution in [3.63, 3.8) is 0 Å². The Morgan fingerprint density at radius 3 is 2.19 bits per heavy atom. The van der Waals surface area contributed by atoms with Crippen LogP contribution in [0.15, 0.2) is 24.3 Å². The molecule has 0 saturated heterocycles. The van der Waals surface area contributed by atoms with Crippen LogP contribution in [0.5, 0.6) is 5.75 Å². The lowest BCUT2D eigenvalue weighted by Crippen LogP contribution is -2.38. The minimum absolute atomic E-state index is 0.280. The maximum atomic E-state index is 10.1. The fourth-order valence-corrected chi connectivity index (χ4v) is 2.04. The van der Waals surface area contributed by atoms with Gasteiger partial charge in [-0.1, -0.05) is 26.0 Å². The molecule has 0 radical (unpaired) electrons. The van der Waals surface area contributed by atoms with Crippen molar-refractivity contribution in [2.45, 2.75) is 26.5 Å². The Kier molecular flexibility index (Phi) is 7.72. The van der Waals surface area contributed by atoms with Crippen molar-refractivity contribution in [1.82, 2.24) is 9.80 Å². The number of nitrogens with zero attached hydrogens (tertiary/aromatic N) is 2. The van der Waals surface area contributed by atoms with Gasteiger partial charge in [0.05, 0.1) is 13.2 Å². The number of methoxy groups -OCH3 is 1. The number of hydrogen-bond acceptors (Lipinski definition) is 4. The van der Waals surface area contributed by atoms with Crippen LogP contribution in [0.2, 0.25) is 0 Å². The van der Waals surface area contributed by atoms with Crippen molar-refractivity contribution < 1.29 is 9.84 Å². The van der Waals surface area contributed by atoms with Gasteiger partial charge in [-0.3, -0.25) is 4.90 Å². The molecule has 0 bridgehead atoms. The minimum Gasteiger partial charge on any atom is -0.497 e. The number of aliphatic hydroxyl groups excluding tert-OH is 1. The summed E-state index contributed by atoms with van der Waals surface area (Å²) >= 11 is 0. The zero-order valence-corrected chi connectivity index (χ0v) is 14.0. The fourth-order valence-electron chi connectivity index (χ4n) is 2.04. The molecule has 120 valence electrons. The first-order valence-electron chi connectivity index (χ1n) is 7.60. The van der Waals surface area contributed by atoms with Gasteiger partial charge in [0.25, 0.3) is 0 Å². The van der Waals surface area contributed by atoms with Gasteiger partial charge in [-0.05, 0) is 37.7 Å². The van der Waals surface area contributed by atoms with Gasteiger partial charge in [-0.2, -0.15) is 0 Å². The number of rotatable bonds is 9. The molecule has 0 aromatic heterocycles. The van der Waals surface area contributed by atoms with Crippen molar-refractivity contribution in [3.05, 3.63) is 29.8 Å². The summed E-state index contributed by atoms with van der Waals surface area (Å²) in [7, 11) is 5.83. The molecule has 1 aromatic carbocycles. The van der Waals surface area contributed by atoms with Gasteiger partial charge in [0, 0.05) is 26.2 Å². The summed E-state index contributed by atoms with van der Waals surface area (Å²) in [6.45, 7) is 7.60. The topological polar surface area (TPSA) is 35.9 Å². The second-order valence-corrected chi connectivity index (χ2v) is 6.20. The van der Waals surface area contributed by atoms with Crippen molar-refractivity contribution in [3.8, 4) is 5.75 Å². The highest BCUT2D eigenvalue weighted by Crippen LogP contribution is 2.14. The van der Waals surface area contributed by atoms with Crippen LogP contribution in [0, 0.1) is 5.92 Å². The van der Waals surface area contributed by atoms with Gasteiger partial charge in [0.1, 0.15) is 5.75 Å². The van der Waals surface area contributed by atoms with Crippen LogP contribution >= 0.6 is 0 Å². The van der Waals surface area contributed by atoms with Crippen molar-refractivity contribution in [2.24, 2.45) is 5.92 Å². The highest BCUT2D eigenvalue weighted by atomic mass is 16.5. The molecule has 0 aliphatic carbocycles. The first-order chi connectivity index (χ1) is 9.92. The van der Waals surface area contributed by atoms with Crippen LogP contribution in [0.1, 0.15) is 19.4 Å². The molecule has 1 rings (SSSR count). The predicted octanol–water partition coefficient (Wildman–Crippen LogP) is 2.08. The molecule has 0 amide bonds. The van der Waals surface area contributed by atoms with Crippen LogP contribution in [-0.2, 0) is 6.54 Å². The third kappa shape index (κ3) is 6.93. The minimum atomic E-state index is -0.287. The molecule has 0 aliphatic heterocycles. The molecular weight excluding hydrogens is 264 g/mol. The lowest BCUT2D eigenvalue weighted by atomic mass is 10.1. The third-order valence-corrected chi connectivity index (χ3v) is 3.64. The average molecular weight is 294 g/mol. The first kappa shape index (κ1) is 18.0. The summed E-state index contributed by atoms with van der Waals surface area (Å²) < 4.78 is 5.19. The lowest BCUT2D eigenvalue weighted by Gasteiger charge is -2.28. The SMILES string of the molecule is COc1ccc(CN(CCN(C)C)CC(O)C(C)C)cc1. The first-order valence-corrected chi connectivity index (χ1v) is 7.60. The molecule has 0 aliphatic rings. The zero-order valence-electron chi connectivity index (χ0n) is 14.0. The standard InChI is InChI=1S/C17H30N2O2/c1-14(2)17(20)13-19(11-10-18(3)4)12-15-6-8-16(21-5)9-7-15/h6-9,14,17,20H,10-13H2,1-5H3. The molecule has 1 aromatic rings. The summed E-state index contributed by atoms with van der Waals surface area (Å²) in [6, 6.07) is 8.14. The van der Waals surface area contributed by atoms with E-state index in [0.29, 0.717) is 6.54 Å². The molecule has 0 fully saturated rings. The van der Waals surface area contributed by atoms with Crippen LogP contribution in [0.3, 0.4) is 0 Å². The van der Waals surface area contributed by atoms with Crippen LogP contribution < -0.4 is 4.74 Å². The lowest BCUT2D eigenvalue weighted by molar-refractivity contribution is 0.0703. The molecule has 21 heavy (non-hydrogen) atoms. The Hall–Kier alpha value is -1.10. The van der Waals surface area contributed by atoms with Crippen molar-refractivity contribution in [2.75, 3.05) is 40.8 Å². The van der Waals surface area contributed by atoms with E-state index in [2.05, 4.69) is 49.9 Å². The Morgan fingerprint density at radius 2 is 1.71 bits per heavy atom. The second-order valence-electron chi connectivity index (χ2n) is 6.20. The Balaban J connectivity index is 2.65. The average Bonchev–Trinajstić information content (AvgIpc) is 2.45. The van der Waals surface area contributed by atoms with E-state index >= 15 is 0 Å². The van der Waals surface area contributed by atoms with Crippen LogP contribution in [0.25, 0.3) is 0 Å². The van der Waals surface area contributed by atoms with E-state index in [1.165, 1.54) is 5.56 Å². The fraction of sp³-hybridized carbons (Fsp3) is 0.647. The summed E-state index contributed by atoms with van der Waals surface area (Å²) in [5.41, 5.74) is 1.24. The van der Waals surface area contributed by atoms with Gasteiger partial charge < -0.3 is 14.7 Å². The molecule has 4 nitrogen and oxygen atoms in total. The Labute approximate surface area is 129 Å². The predicted molar refractivity (Wildman–Crippen MR) is 87.7 cm³/mol. The molecule has 0 saturated carbocycles. The summed E-state index contributed by atoms with van der Waals surface area (Å²) in [5.74, 6) is 1.16. The van der Waals surface area contributed by atoms with Crippen LogP contribution in [0.4, 0.5) is 0 Å². The van der Waals surface area contributed by atoms with Gasteiger partial charge >= 0.3 is 0 Å². The van der Waals surface area contributed by atoms with Gasteiger partial charge in [-0.25, -0.2) is 0 Å². The number of ether oxygens (including phenoxy) is 1. The quantitative estimate of drug-likeness (QED) is 0.756. The molecule has 1 unspecified atom stereocenters. The normalized spacial score (nSPS) is 13.2. The largest absolute Gasteiger partial charge is 0.497 e. The smallest absolute Gasteiger partial charge is 0.118 e. The van der Waals surface area contributed by atoms with Gasteiger partial charge in [-0.15, -0.1) is 0 Å². The number of hydrogen-bond donors (Lipinski definition) is 1. The molecule has 1 atom stereocenters. The molecule has 0 heterocycles. The van der Waals surface area contributed by atoms with E-state index in [0.717, 1.165) is 25.4 Å². The monoisotopic (exact) mass is 294 g/mol. The van der Waals surface area contributed by atoms with E-state index in [1.807, 2.05) is 12.1 Å². The van der Waals surface area contributed by atoms with Crippen molar-refractivity contribution >= 4 is 0 Å². The Bertz CT molecular complexity index is 390. The number of aliphatic hydroxyl groups is 1. The van der Waals surface area contributed by atoms with E-state index in [4.69, 9.17) is 4.74 Å². The summed E-state index contributed by atoms with van der Waals surface area (Å²) in [5, 5.41) is 10.1. The highest BCUT2D eigenvalue weighted by Gasteiger charge is 2.15. The van der Waals surface area contributed by atoms with E-state index in [-0.39, 0.29) is 12.0 Å².